The van der Waals surface area contributed by atoms with Crippen molar-refractivity contribution >= 4 is 5.91 Å². The van der Waals surface area contributed by atoms with Crippen LogP contribution in [0.5, 0.6) is 0 Å². The van der Waals surface area contributed by atoms with Gasteiger partial charge in [-0.3, -0.25) is 9.69 Å². The molecule has 3 aromatic rings. The van der Waals surface area contributed by atoms with Crippen LogP contribution in [0.3, 0.4) is 0 Å². The van der Waals surface area contributed by atoms with E-state index in [1.54, 1.807) is 15.6 Å². The predicted molar refractivity (Wildman–Crippen MR) is 104 cm³/mol. The first-order valence-electron chi connectivity index (χ1n) is 9.63. The fourth-order valence-electron chi connectivity index (χ4n) is 3.21. The Hall–Kier alpha value is -3.11. The highest BCUT2D eigenvalue weighted by Crippen LogP contribution is 2.14. The summed E-state index contributed by atoms with van der Waals surface area (Å²) in [6, 6.07) is 9.66. The number of carbonyl (C=O) groups excluding carboxylic acids is 1. The Labute approximate surface area is 168 Å². The van der Waals surface area contributed by atoms with Crippen molar-refractivity contribution in [2.45, 2.75) is 26.1 Å². The highest BCUT2D eigenvalue weighted by molar-refractivity contribution is 5.76. The number of hydrogen-bond acceptors (Lipinski definition) is 7. The average molecular weight is 396 g/mol. The van der Waals surface area contributed by atoms with Crippen molar-refractivity contribution in [2.24, 2.45) is 0 Å². The quantitative estimate of drug-likeness (QED) is 0.623. The number of aromatic nitrogens is 6. The van der Waals surface area contributed by atoms with Gasteiger partial charge in [0.15, 0.2) is 5.82 Å². The summed E-state index contributed by atoms with van der Waals surface area (Å²) >= 11 is 0. The van der Waals surface area contributed by atoms with Crippen LogP contribution in [-0.2, 0) is 22.6 Å². The van der Waals surface area contributed by atoms with E-state index < -0.39 is 0 Å². The van der Waals surface area contributed by atoms with E-state index in [-0.39, 0.29) is 18.5 Å². The Morgan fingerprint density at radius 1 is 1.24 bits per heavy atom. The van der Waals surface area contributed by atoms with Crippen LogP contribution in [0.15, 0.2) is 42.7 Å². The van der Waals surface area contributed by atoms with Crippen LogP contribution in [0.1, 0.15) is 24.4 Å². The maximum atomic E-state index is 12.5. The summed E-state index contributed by atoms with van der Waals surface area (Å²) in [5.74, 6) is 0.520. The molecule has 1 atom stereocenters. The van der Waals surface area contributed by atoms with E-state index in [2.05, 4.69) is 30.8 Å². The van der Waals surface area contributed by atoms with Crippen molar-refractivity contribution in [2.75, 3.05) is 26.3 Å². The molecule has 0 aliphatic carbocycles. The number of hydrogen-bond donors (Lipinski definition) is 1. The van der Waals surface area contributed by atoms with E-state index in [1.165, 1.54) is 0 Å². The summed E-state index contributed by atoms with van der Waals surface area (Å²) < 4.78 is 8.70. The monoisotopic (exact) mass is 396 g/mol. The number of nitrogens with one attached hydrogen (secondary N) is 1. The van der Waals surface area contributed by atoms with Crippen LogP contribution in [-0.4, -0.2) is 67.1 Å². The summed E-state index contributed by atoms with van der Waals surface area (Å²) in [5.41, 5.74) is 1.89. The van der Waals surface area contributed by atoms with E-state index in [4.69, 9.17) is 4.74 Å². The van der Waals surface area contributed by atoms with Gasteiger partial charge in [-0.05, 0) is 29.5 Å². The first kappa shape index (κ1) is 19.2. The van der Waals surface area contributed by atoms with Gasteiger partial charge in [-0.15, -0.1) is 5.10 Å². The Balaban J connectivity index is 1.34. The topological polar surface area (TPSA) is 103 Å². The van der Waals surface area contributed by atoms with Gasteiger partial charge in [0.1, 0.15) is 6.54 Å². The second kappa shape index (κ2) is 8.93. The number of benzene rings is 1. The van der Waals surface area contributed by atoms with Gasteiger partial charge in [0, 0.05) is 24.8 Å². The van der Waals surface area contributed by atoms with Crippen LogP contribution >= 0.6 is 0 Å². The number of carbonyl (C=O) groups is 1. The molecule has 3 heterocycles. The second-order valence-corrected chi connectivity index (χ2v) is 6.98. The Morgan fingerprint density at radius 2 is 2.03 bits per heavy atom. The molecular weight excluding hydrogens is 372 g/mol. The molecule has 1 unspecified atom stereocenters. The zero-order chi connectivity index (χ0) is 20.1. The van der Waals surface area contributed by atoms with Crippen LogP contribution in [0, 0.1) is 0 Å². The molecular formula is C19H24N8O2. The molecule has 10 heteroatoms. The SMILES string of the molecule is CC(NC(=O)Cn1nnnc1CN1CCOCC1)c1cnn(-c2ccccc2)c1. The molecule has 152 valence electrons. The zero-order valence-corrected chi connectivity index (χ0v) is 16.3. The number of tetrazole rings is 1. The third-order valence-electron chi connectivity index (χ3n) is 4.87. The maximum Gasteiger partial charge on any atom is 0.242 e. The van der Waals surface area contributed by atoms with Crippen LogP contribution < -0.4 is 5.32 Å². The van der Waals surface area contributed by atoms with E-state index in [0.717, 1.165) is 24.3 Å². The van der Waals surface area contributed by atoms with E-state index in [9.17, 15) is 4.79 Å². The second-order valence-electron chi connectivity index (χ2n) is 6.98. The first-order chi connectivity index (χ1) is 14.2. The molecule has 29 heavy (non-hydrogen) atoms. The Morgan fingerprint density at radius 3 is 2.83 bits per heavy atom. The van der Waals surface area contributed by atoms with Crippen molar-refractivity contribution < 1.29 is 9.53 Å². The lowest BCUT2D eigenvalue weighted by Crippen LogP contribution is -2.37. The molecule has 10 nitrogen and oxygen atoms in total. The van der Waals surface area contributed by atoms with Crippen LogP contribution in [0.25, 0.3) is 5.69 Å². The lowest BCUT2D eigenvalue weighted by Gasteiger charge is -2.25. The summed E-state index contributed by atoms with van der Waals surface area (Å²) in [6.07, 6.45) is 3.68. The number of rotatable bonds is 7. The minimum atomic E-state index is -0.181. The van der Waals surface area contributed by atoms with E-state index >= 15 is 0 Å². The van der Waals surface area contributed by atoms with E-state index in [1.807, 2.05) is 43.5 Å². The predicted octanol–water partition coefficient (Wildman–Crippen LogP) is 0.568. The standard InChI is InChI=1S/C19H24N8O2/c1-15(16-11-20-26(12-16)17-5-3-2-4-6-17)21-19(28)14-27-18(22-23-24-27)13-25-7-9-29-10-8-25/h2-6,11-12,15H,7-10,13-14H2,1H3,(H,21,28). The first-order valence-corrected chi connectivity index (χ1v) is 9.63. The summed E-state index contributed by atoms with van der Waals surface area (Å²) in [5, 5.41) is 19.1. The molecule has 1 fully saturated rings. The van der Waals surface area contributed by atoms with Gasteiger partial charge >= 0.3 is 0 Å². The highest BCUT2D eigenvalue weighted by atomic mass is 16.5. The maximum absolute atomic E-state index is 12.5. The van der Waals surface area contributed by atoms with Crippen molar-refractivity contribution in [3.05, 3.63) is 54.1 Å². The van der Waals surface area contributed by atoms with Crippen LogP contribution in [0.2, 0.25) is 0 Å². The summed E-state index contributed by atoms with van der Waals surface area (Å²) in [4.78, 5) is 14.7. The largest absolute Gasteiger partial charge is 0.379 e. The zero-order valence-electron chi connectivity index (χ0n) is 16.3. The summed E-state index contributed by atoms with van der Waals surface area (Å²) in [6.45, 7) is 5.68. The molecule has 1 aromatic carbocycles. The lowest BCUT2D eigenvalue weighted by atomic mass is 10.2. The highest BCUT2D eigenvalue weighted by Gasteiger charge is 2.18. The van der Waals surface area contributed by atoms with Gasteiger partial charge in [-0.25, -0.2) is 9.36 Å². The smallest absolute Gasteiger partial charge is 0.242 e. The van der Waals surface area contributed by atoms with Gasteiger partial charge in [-0.2, -0.15) is 5.10 Å². The molecule has 1 N–H and O–H groups in total. The molecule has 0 bridgehead atoms. The lowest BCUT2D eigenvalue weighted by molar-refractivity contribution is -0.122. The molecule has 1 amide bonds. The molecule has 2 aromatic heterocycles. The van der Waals surface area contributed by atoms with Crippen molar-refractivity contribution in [3.8, 4) is 5.69 Å². The van der Waals surface area contributed by atoms with Gasteiger partial charge in [0.25, 0.3) is 0 Å². The van der Waals surface area contributed by atoms with Crippen molar-refractivity contribution in [3.63, 3.8) is 0 Å². The molecule has 0 spiro atoms. The van der Waals surface area contributed by atoms with Gasteiger partial charge < -0.3 is 10.1 Å². The third kappa shape index (κ3) is 4.84. The van der Waals surface area contributed by atoms with E-state index in [0.29, 0.717) is 25.6 Å². The third-order valence-corrected chi connectivity index (χ3v) is 4.87. The molecule has 1 aliphatic rings. The van der Waals surface area contributed by atoms with Gasteiger partial charge in [0.2, 0.25) is 5.91 Å². The Bertz CT molecular complexity index is 933. The minimum absolute atomic E-state index is 0.0732. The van der Waals surface area contributed by atoms with Crippen LogP contribution in [0.4, 0.5) is 0 Å². The number of nitrogens with zero attached hydrogens (tertiary/aromatic N) is 7. The molecule has 1 aliphatic heterocycles. The molecule has 0 saturated carbocycles. The molecule has 1 saturated heterocycles. The van der Waals surface area contributed by atoms with Crippen molar-refractivity contribution in [1.82, 2.24) is 40.2 Å². The number of morpholine rings is 1. The fraction of sp³-hybridized carbons (Fsp3) is 0.421. The molecule has 4 rings (SSSR count). The fourth-order valence-corrected chi connectivity index (χ4v) is 3.21. The average Bonchev–Trinajstić information content (AvgIpc) is 3.40. The van der Waals surface area contributed by atoms with Gasteiger partial charge in [-0.1, -0.05) is 18.2 Å². The normalized spacial score (nSPS) is 15.9. The molecule has 0 radical (unpaired) electrons. The number of ether oxygens (including phenoxy) is 1. The Kier molecular flexibility index (Phi) is 5.92. The summed E-state index contributed by atoms with van der Waals surface area (Å²) in [7, 11) is 0. The van der Waals surface area contributed by atoms with Crippen molar-refractivity contribution in [1.29, 1.82) is 0 Å². The number of amides is 1. The number of para-hydroxylation sites is 1. The van der Waals surface area contributed by atoms with Gasteiger partial charge in [0.05, 0.1) is 37.7 Å². The minimum Gasteiger partial charge on any atom is -0.379 e.